The van der Waals surface area contributed by atoms with Crippen LogP contribution in [0.3, 0.4) is 0 Å². The monoisotopic (exact) mass is 281 g/mol. The average Bonchev–Trinajstić information content (AvgIpc) is 2.45. The van der Waals surface area contributed by atoms with Crippen molar-refractivity contribution in [2.24, 2.45) is 0 Å². The number of hydrogen-bond donors (Lipinski definition) is 2. The molecule has 112 valence electrons. The van der Waals surface area contributed by atoms with E-state index in [4.69, 9.17) is 14.2 Å². The summed E-state index contributed by atoms with van der Waals surface area (Å²) >= 11 is 0. The fraction of sp³-hybridized carbons (Fsp3) is 0.600. The Kier molecular flexibility index (Phi) is 4.73. The second-order valence-electron chi connectivity index (χ2n) is 5.14. The number of methoxy groups -OCH3 is 3. The molecule has 0 spiro atoms. The van der Waals surface area contributed by atoms with Crippen molar-refractivity contribution in [1.82, 2.24) is 5.32 Å². The van der Waals surface area contributed by atoms with E-state index < -0.39 is 0 Å². The van der Waals surface area contributed by atoms with E-state index in [1.165, 1.54) is 0 Å². The molecule has 1 aliphatic rings. The van der Waals surface area contributed by atoms with Crippen LogP contribution in [0.4, 0.5) is 0 Å². The van der Waals surface area contributed by atoms with Crippen molar-refractivity contribution in [1.29, 1.82) is 0 Å². The molecule has 0 unspecified atom stereocenters. The predicted octanol–water partition coefficient (Wildman–Crippen LogP) is 1.72. The highest BCUT2D eigenvalue weighted by atomic mass is 16.5. The molecule has 5 nitrogen and oxygen atoms in total. The Morgan fingerprint density at radius 2 is 1.80 bits per heavy atom. The number of aliphatic hydroxyl groups is 1. The molecule has 5 heteroatoms. The Hall–Kier alpha value is -1.46. The van der Waals surface area contributed by atoms with Gasteiger partial charge in [-0.3, -0.25) is 0 Å². The summed E-state index contributed by atoms with van der Waals surface area (Å²) in [5, 5.41) is 12.9. The van der Waals surface area contributed by atoms with Crippen LogP contribution in [-0.4, -0.2) is 38.6 Å². The third-order valence-electron chi connectivity index (χ3n) is 4.05. The number of ether oxygens (including phenoxy) is 3. The van der Waals surface area contributed by atoms with Crippen molar-refractivity contribution in [2.75, 3.05) is 27.9 Å². The normalized spacial score (nSPS) is 16.4. The molecule has 1 saturated carbocycles. The third kappa shape index (κ3) is 2.69. The molecule has 1 aliphatic carbocycles. The van der Waals surface area contributed by atoms with Gasteiger partial charge in [-0.1, -0.05) is 6.07 Å². The van der Waals surface area contributed by atoms with Crippen LogP contribution in [0.2, 0.25) is 0 Å². The van der Waals surface area contributed by atoms with E-state index in [0.29, 0.717) is 23.8 Å². The standard InChI is InChI=1S/C15H23NO4/c1-18-12-6-5-11(13(19-2)14(12)20-3)9-16-15(10-17)7-4-8-15/h5-6,16-17H,4,7-10H2,1-3H3. The van der Waals surface area contributed by atoms with E-state index in [1.54, 1.807) is 21.3 Å². The first kappa shape index (κ1) is 14.9. The van der Waals surface area contributed by atoms with Crippen molar-refractivity contribution < 1.29 is 19.3 Å². The molecule has 0 amide bonds. The summed E-state index contributed by atoms with van der Waals surface area (Å²) in [6, 6.07) is 3.82. The molecule has 20 heavy (non-hydrogen) atoms. The van der Waals surface area contributed by atoms with Gasteiger partial charge in [0.1, 0.15) is 0 Å². The summed E-state index contributed by atoms with van der Waals surface area (Å²) in [7, 11) is 4.81. The Balaban J connectivity index is 2.19. The van der Waals surface area contributed by atoms with Gasteiger partial charge in [-0.2, -0.15) is 0 Å². The highest BCUT2D eigenvalue weighted by molar-refractivity contribution is 5.55. The quantitative estimate of drug-likeness (QED) is 0.797. The van der Waals surface area contributed by atoms with E-state index in [1.807, 2.05) is 12.1 Å². The highest BCUT2D eigenvalue weighted by Gasteiger charge is 2.35. The second kappa shape index (κ2) is 6.33. The van der Waals surface area contributed by atoms with E-state index in [9.17, 15) is 5.11 Å². The second-order valence-corrected chi connectivity index (χ2v) is 5.14. The van der Waals surface area contributed by atoms with E-state index in [0.717, 1.165) is 24.8 Å². The predicted molar refractivity (Wildman–Crippen MR) is 76.6 cm³/mol. The SMILES string of the molecule is COc1ccc(CNC2(CO)CCC2)c(OC)c1OC. The Morgan fingerprint density at radius 1 is 1.10 bits per heavy atom. The average molecular weight is 281 g/mol. The Labute approximate surface area is 119 Å². The van der Waals surface area contributed by atoms with Crippen LogP contribution in [0.25, 0.3) is 0 Å². The highest BCUT2D eigenvalue weighted by Crippen LogP contribution is 2.40. The summed E-state index contributed by atoms with van der Waals surface area (Å²) in [5.74, 6) is 1.92. The molecule has 0 heterocycles. The fourth-order valence-electron chi connectivity index (χ4n) is 2.58. The van der Waals surface area contributed by atoms with Gasteiger partial charge in [0.05, 0.1) is 27.9 Å². The van der Waals surface area contributed by atoms with Gasteiger partial charge in [-0.05, 0) is 25.3 Å². The lowest BCUT2D eigenvalue weighted by Crippen LogP contribution is -2.53. The minimum Gasteiger partial charge on any atom is -0.493 e. The zero-order valence-electron chi connectivity index (χ0n) is 12.4. The van der Waals surface area contributed by atoms with Crippen LogP contribution in [0.5, 0.6) is 17.2 Å². The minimum absolute atomic E-state index is 0.127. The molecule has 1 aromatic rings. The van der Waals surface area contributed by atoms with Crippen LogP contribution in [0.1, 0.15) is 24.8 Å². The summed E-state index contributed by atoms with van der Waals surface area (Å²) in [6.45, 7) is 0.798. The van der Waals surface area contributed by atoms with Gasteiger partial charge in [0, 0.05) is 17.6 Å². The maximum atomic E-state index is 9.49. The summed E-state index contributed by atoms with van der Waals surface area (Å²) in [5.41, 5.74) is 0.864. The van der Waals surface area contributed by atoms with Crippen LogP contribution < -0.4 is 19.5 Å². The lowest BCUT2D eigenvalue weighted by Gasteiger charge is -2.41. The van der Waals surface area contributed by atoms with Crippen molar-refractivity contribution in [3.63, 3.8) is 0 Å². The van der Waals surface area contributed by atoms with Crippen LogP contribution in [-0.2, 0) is 6.54 Å². The van der Waals surface area contributed by atoms with Crippen molar-refractivity contribution in [3.05, 3.63) is 17.7 Å². The van der Waals surface area contributed by atoms with Crippen molar-refractivity contribution >= 4 is 0 Å². The first-order valence-electron chi connectivity index (χ1n) is 6.83. The van der Waals surface area contributed by atoms with E-state index in [-0.39, 0.29) is 12.1 Å². The topological polar surface area (TPSA) is 60.0 Å². The largest absolute Gasteiger partial charge is 0.493 e. The Morgan fingerprint density at radius 3 is 2.25 bits per heavy atom. The smallest absolute Gasteiger partial charge is 0.203 e. The lowest BCUT2D eigenvalue weighted by atomic mass is 9.77. The van der Waals surface area contributed by atoms with Crippen LogP contribution >= 0.6 is 0 Å². The molecule has 2 rings (SSSR count). The van der Waals surface area contributed by atoms with E-state index in [2.05, 4.69) is 5.32 Å². The number of hydrogen-bond acceptors (Lipinski definition) is 5. The molecule has 0 aliphatic heterocycles. The zero-order valence-corrected chi connectivity index (χ0v) is 12.4. The molecule has 0 saturated heterocycles. The van der Waals surface area contributed by atoms with Gasteiger partial charge < -0.3 is 24.6 Å². The molecule has 0 bridgehead atoms. The van der Waals surface area contributed by atoms with Crippen LogP contribution in [0, 0.1) is 0 Å². The minimum atomic E-state index is -0.127. The molecule has 2 N–H and O–H groups in total. The molecule has 1 aromatic carbocycles. The van der Waals surface area contributed by atoms with Gasteiger partial charge in [0.2, 0.25) is 5.75 Å². The van der Waals surface area contributed by atoms with Gasteiger partial charge in [-0.25, -0.2) is 0 Å². The molecule has 1 fully saturated rings. The number of aliphatic hydroxyl groups excluding tert-OH is 1. The van der Waals surface area contributed by atoms with Crippen LogP contribution in [0.15, 0.2) is 12.1 Å². The lowest BCUT2D eigenvalue weighted by molar-refractivity contribution is 0.0869. The summed E-state index contributed by atoms with van der Waals surface area (Å²) in [4.78, 5) is 0. The van der Waals surface area contributed by atoms with Crippen molar-refractivity contribution in [3.8, 4) is 17.2 Å². The molecule has 0 atom stereocenters. The summed E-state index contributed by atoms with van der Waals surface area (Å²) < 4.78 is 16.1. The number of nitrogens with one attached hydrogen (secondary N) is 1. The maximum absolute atomic E-state index is 9.49. The molecule has 0 aromatic heterocycles. The van der Waals surface area contributed by atoms with Gasteiger partial charge in [-0.15, -0.1) is 0 Å². The van der Waals surface area contributed by atoms with Gasteiger partial charge >= 0.3 is 0 Å². The molecular weight excluding hydrogens is 258 g/mol. The first-order chi connectivity index (χ1) is 9.69. The third-order valence-corrected chi connectivity index (χ3v) is 4.05. The zero-order chi connectivity index (χ0) is 14.6. The Bertz CT molecular complexity index is 452. The van der Waals surface area contributed by atoms with E-state index >= 15 is 0 Å². The number of benzene rings is 1. The van der Waals surface area contributed by atoms with Crippen molar-refractivity contribution in [2.45, 2.75) is 31.3 Å². The van der Waals surface area contributed by atoms with Gasteiger partial charge in [0.25, 0.3) is 0 Å². The maximum Gasteiger partial charge on any atom is 0.203 e. The molecule has 0 radical (unpaired) electrons. The number of rotatable bonds is 7. The van der Waals surface area contributed by atoms with Gasteiger partial charge in [0.15, 0.2) is 11.5 Å². The summed E-state index contributed by atoms with van der Waals surface area (Å²) in [6.07, 6.45) is 3.19. The molecular formula is C15H23NO4. The first-order valence-corrected chi connectivity index (χ1v) is 6.83. The fourth-order valence-corrected chi connectivity index (χ4v) is 2.58.